The molecule has 5 heteroatoms. The zero-order valence-electron chi connectivity index (χ0n) is 6.27. The van der Waals surface area contributed by atoms with Gasteiger partial charge in [0.25, 0.3) is 0 Å². The van der Waals surface area contributed by atoms with Crippen molar-refractivity contribution in [3.63, 3.8) is 0 Å². The van der Waals surface area contributed by atoms with Crippen LogP contribution in [0.3, 0.4) is 0 Å². The maximum Gasteiger partial charge on any atom is 0.414 e. The fraction of sp³-hybridized carbons (Fsp3) is 0.857. The van der Waals surface area contributed by atoms with Crippen LogP contribution in [0.2, 0.25) is 0 Å². The topological polar surface area (TPSA) is 33.0 Å². The van der Waals surface area contributed by atoms with Crippen LogP contribution in [-0.4, -0.2) is 18.9 Å². The molecule has 1 heterocycles. The minimum atomic E-state index is -4.32. The molecule has 2 unspecified atom stereocenters. The molecule has 2 atom stereocenters. The number of hydrogen-bond donors (Lipinski definition) is 0. The first-order chi connectivity index (χ1) is 5.54. The van der Waals surface area contributed by atoms with Crippen LogP contribution in [-0.2, 0) is 4.74 Å². The summed E-state index contributed by atoms with van der Waals surface area (Å²) in [4.78, 5) is 0. The van der Waals surface area contributed by atoms with Crippen LogP contribution < -0.4 is 0 Å². The van der Waals surface area contributed by atoms with Crippen molar-refractivity contribution in [1.82, 2.24) is 0 Å². The van der Waals surface area contributed by atoms with Gasteiger partial charge in [0.15, 0.2) is 6.10 Å². The molecular formula is C7H8F3NO. The van der Waals surface area contributed by atoms with Gasteiger partial charge < -0.3 is 4.74 Å². The molecule has 0 aromatic heterocycles. The van der Waals surface area contributed by atoms with Crippen molar-refractivity contribution < 1.29 is 17.9 Å². The Bertz CT molecular complexity index is 196. The Labute approximate surface area is 67.9 Å². The number of alkyl halides is 3. The lowest BCUT2D eigenvalue weighted by Crippen LogP contribution is -2.37. The minimum Gasteiger partial charge on any atom is -0.369 e. The standard InChI is InChI=1S/C7H8F3NO/c8-7(9,10)6-3-5(4-11)1-2-12-6/h5-6H,1-3H2. The first kappa shape index (κ1) is 9.33. The van der Waals surface area contributed by atoms with Crippen LogP contribution in [0.25, 0.3) is 0 Å². The van der Waals surface area contributed by atoms with Gasteiger partial charge in [-0.1, -0.05) is 0 Å². The van der Waals surface area contributed by atoms with E-state index in [1.165, 1.54) is 0 Å². The van der Waals surface area contributed by atoms with Crippen LogP contribution in [0.4, 0.5) is 13.2 Å². The highest BCUT2D eigenvalue weighted by Crippen LogP contribution is 2.31. The van der Waals surface area contributed by atoms with E-state index in [2.05, 4.69) is 4.74 Å². The minimum absolute atomic E-state index is 0.0302. The number of nitriles is 1. The fourth-order valence-electron chi connectivity index (χ4n) is 1.14. The number of hydrogen-bond acceptors (Lipinski definition) is 2. The summed E-state index contributed by atoms with van der Waals surface area (Å²) in [6.07, 6.45) is -5.88. The van der Waals surface area contributed by atoms with Crippen LogP contribution in [0.1, 0.15) is 12.8 Å². The Morgan fingerprint density at radius 1 is 1.42 bits per heavy atom. The average molecular weight is 179 g/mol. The Kier molecular flexibility index (Phi) is 2.58. The highest BCUT2D eigenvalue weighted by Gasteiger charge is 2.43. The van der Waals surface area contributed by atoms with Crippen LogP contribution in [0, 0.1) is 17.2 Å². The van der Waals surface area contributed by atoms with Crippen LogP contribution >= 0.6 is 0 Å². The zero-order valence-corrected chi connectivity index (χ0v) is 6.27. The summed E-state index contributed by atoms with van der Waals surface area (Å²) < 4.78 is 40.5. The second kappa shape index (κ2) is 3.31. The second-order valence-electron chi connectivity index (χ2n) is 2.75. The maximum absolute atomic E-state index is 12.0. The number of rotatable bonds is 0. The van der Waals surface area contributed by atoms with Gasteiger partial charge in [-0.15, -0.1) is 0 Å². The highest BCUT2D eigenvalue weighted by atomic mass is 19.4. The van der Waals surface area contributed by atoms with Crippen LogP contribution in [0.15, 0.2) is 0 Å². The summed E-state index contributed by atoms with van der Waals surface area (Å²) in [7, 11) is 0. The van der Waals surface area contributed by atoms with Crippen molar-refractivity contribution in [3.05, 3.63) is 0 Å². The van der Waals surface area contributed by atoms with Gasteiger partial charge in [-0.3, -0.25) is 0 Å². The summed E-state index contributed by atoms with van der Waals surface area (Å²) in [5, 5.41) is 8.40. The molecule has 1 rings (SSSR count). The highest BCUT2D eigenvalue weighted by molar-refractivity contribution is 4.89. The molecule has 1 saturated heterocycles. The van der Waals surface area contributed by atoms with E-state index in [1.807, 2.05) is 6.07 Å². The van der Waals surface area contributed by atoms with Crippen molar-refractivity contribution in [3.8, 4) is 6.07 Å². The molecule has 0 aliphatic carbocycles. The predicted molar refractivity (Wildman–Crippen MR) is 34.1 cm³/mol. The molecule has 68 valence electrons. The molecule has 0 bridgehead atoms. The van der Waals surface area contributed by atoms with Crippen molar-refractivity contribution in [2.24, 2.45) is 5.92 Å². The monoisotopic (exact) mass is 179 g/mol. The first-order valence-electron chi connectivity index (χ1n) is 3.62. The lowest BCUT2D eigenvalue weighted by Gasteiger charge is -2.27. The fourth-order valence-corrected chi connectivity index (χ4v) is 1.14. The molecule has 0 N–H and O–H groups in total. The van der Waals surface area contributed by atoms with Crippen LogP contribution in [0.5, 0.6) is 0 Å². The van der Waals surface area contributed by atoms with Gasteiger partial charge in [-0.25, -0.2) is 0 Å². The van der Waals surface area contributed by atoms with Crippen molar-refractivity contribution in [1.29, 1.82) is 5.26 Å². The quantitative estimate of drug-likeness (QED) is 0.568. The normalized spacial score (nSPS) is 31.2. The number of nitrogens with zero attached hydrogens (tertiary/aromatic N) is 1. The Morgan fingerprint density at radius 2 is 2.08 bits per heavy atom. The van der Waals surface area contributed by atoms with E-state index in [0.29, 0.717) is 6.42 Å². The smallest absolute Gasteiger partial charge is 0.369 e. The lowest BCUT2D eigenvalue weighted by molar-refractivity contribution is -0.233. The third kappa shape index (κ3) is 2.11. The predicted octanol–water partition coefficient (Wildman–Crippen LogP) is 1.87. The third-order valence-corrected chi connectivity index (χ3v) is 1.83. The van der Waals surface area contributed by atoms with Gasteiger partial charge in [0.1, 0.15) is 0 Å². The Hall–Kier alpha value is -0.760. The molecule has 0 aromatic rings. The summed E-state index contributed by atoms with van der Waals surface area (Å²) >= 11 is 0. The average Bonchev–Trinajstić information content (AvgIpc) is 2.03. The van der Waals surface area contributed by atoms with Crippen molar-refractivity contribution >= 4 is 0 Å². The SMILES string of the molecule is N#CC1CCOC(C(F)(F)F)C1. The molecule has 1 aliphatic rings. The number of ether oxygens (including phenoxy) is 1. The van der Waals surface area contributed by atoms with Crippen molar-refractivity contribution in [2.45, 2.75) is 25.1 Å². The van der Waals surface area contributed by atoms with E-state index >= 15 is 0 Å². The molecule has 0 radical (unpaired) electrons. The zero-order chi connectivity index (χ0) is 9.19. The first-order valence-corrected chi connectivity index (χ1v) is 3.62. The van der Waals surface area contributed by atoms with E-state index in [4.69, 9.17) is 5.26 Å². The van der Waals surface area contributed by atoms with E-state index in [1.54, 1.807) is 0 Å². The van der Waals surface area contributed by atoms with E-state index in [-0.39, 0.29) is 13.0 Å². The van der Waals surface area contributed by atoms with Crippen molar-refractivity contribution in [2.75, 3.05) is 6.61 Å². The third-order valence-electron chi connectivity index (χ3n) is 1.83. The van der Waals surface area contributed by atoms with Gasteiger partial charge in [0.2, 0.25) is 0 Å². The van der Waals surface area contributed by atoms with Gasteiger partial charge in [0.05, 0.1) is 12.0 Å². The maximum atomic E-state index is 12.0. The molecule has 2 nitrogen and oxygen atoms in total. The lowest BCUT2D eigenvalue weighted by atomic mass is 9.97. The largest absolute Gasteiger partial charge is 0.414 e. The second-order valence-corrected chi connectivity index (χ2v) is 2.75. The van der Waals surface area contributed by atoms with E-state index in [9.17, 15) is 13.2 Å². The molecular weight excluding hydrogens is 171 g/mol. The molecule has 0 amide bonds. The summed E-state index contributed by atoms with van der Waals surface area (Å²) in [5.74, 6) is -0.509. The molecule has 12 heavy (non-hydrogen) atoms. The number of halogens is 3. The molecule has 0 aromatic carbocycles. The van der Waals surface area contributed by atoms with E-state index in [0.717, 1.165) is 0 Å². The van der Waals surface area contributed by atoms with E-state index < -0.39 is 18.2 Å². The van der Waals surface area contributed by atoms with Gasteiger partial charge in [-0.05, 0) is 12.8 Å². The Balaban J connectivity index is 2.53. The Morgan fingerprint density at radius 3 is 2.58 bits per heavy atom. The van der Waals surface area contributed by atoms with Gasteiger partial charge >= 0.3 is 6.18 Å². The molecule has 1 aliphatic heterocycles. The molecule has 0 spiro atoms. The summed E-state index contributed by atoms with van der Waals surface area (Å²) in [6, 6.07) is 1.83. The molecule has 1 fully saturated rings. The van der Waals surface area contributed by atoms with Gasteiger partial charge in [0, 0.05) is 6.61 Å². The summed E-state index contributed by atoms with van der Waals surface area (Å²) in [6.45, 7) is 0.0302. The molecule has 0 saturated carbocycles. The summed E-state index contributed by atoms with van der Waals surface area (Å²) in [5.41, 5.74) is 0. The van der Waals surface area contributed by atoms with Gasteiger partial charge in [-0.2, -0.15) is 18.4 Å².